The number of amides is 1. The molecule has 0 spiro atoms. The van der Waals surface area contributed by atoms with Crippen LogP contribution in [0.2, 0.25) is 0 Å². The van der Waals surface area contributed by atoms with Gasteiger partial charge in [-0.15, -0.1) is 11.8 Å². The molecule has 0 N–H and O–H groups in total. The predicted octanol–water partition coefficient (Wildman–Crippen LogP) is 4.62. The van der Waals surface area contributed by atoms with E-state index in [1.807, 2.05) is 0 Å². The Labute approximate surface area is 170 Å². The number of carbonyl (C=O) groups is 1. The summed E-state index contributed by atoms with van der Waals surface area (Å²) in [5.41, 5.74) is -0.171. The van der Waals surface area contributed by atoms with Crippen molar-refractivity contribution in [3.63, 3.8) is 0 Å². The van der Waals surface area contributed by atoms with Crippen molar-refractivity contribution in [3.8, 4) is 17.2 Å². The summed E-state index contributed by atoms with van der Waals surface area (Å²) in [5.74, 6) is 1.63. The van der Waals surface area contributed by atoms with Crippen molar-refractivity contribution < 1.29 is 32.2 Å². The second-order valence-electron chi connectivity index (χ2n) is 6.25. The number of halogens is 3. The van der Waals surface area contributed by atoms with E-state index >= 15 is 0 Å². The lowest BCUT2D eigenvalue weighted by molar-refractivity contribution is -0.137. The summed E-state index contributed by atoms with van der Waals surface area (Å²) in [6, 6.07) is 7.86. The topological polar surface area (TPSA) is 48.0 Å². The Balaban J connectivity index is 1.98. The third-order valence-electron chi connectivity index (χ3n) is 4.59. The Morgan fingerprint density at radius 1 is 1.03 bits per heavy atom. The Bertz CT molecular complexity index is 904. The first-order valence-corrected chi connectivity index (χ1v) is 9.74. The van der Waals surface area contributed by atoms with Crippen LogP contribution < -0.4 is 14.2 Å². The zero-order valence-electron chi connectivity index (χ0n) is 16.1. The predicted molar refractivity (Wildman–Crippen MR) is 104 cm³/mol. The molecule has 156 valence electrons. The quantitative estimate of drug-likeness (QED) is 0.697. The Hall–Kier alpha value is -2.55. The van der Waals surface area contributed by atoms with E-state index < -0.39 is 23.0 Å². The van der Waals surface area contributed by atoms with Crippen LogP contribution in [-0.2, 0) is 6.18 Å². The van der Waals surface area contributed by atoms with Gasteiger partial charge < -0.3 is 19.1 Å². The number of hydrogen-bond acceptors (Lipinski definition) is 5. The first kappa shape index (κ1) is 21.2. The molecule has 1 fully saturated rings. The van der Waals surface area contributed by atoms with Crippen LogP contribution in [0, 0.1) is 0 Å². The van der Waals surface area contributed by atoms with Gasteiger partial charge >= 0.3 is 6.18 Å². The fourth-order valence-corrected chi connectivity index (χ4v) is 4.45. The number of rotatable bonds is 5. The van der Waals surface area contributed by atoms with E-state index in [9.17, 15) is 18.0 Å². The Kier molecular flexibility index (Phi) is 6.16. The summed E-state index contributed by atoms with van der Waals surface area (Å²) in [6.45, 7) is 0.405. The van der Waals surface area contributed by atoms with Crippen LogP contribution >= 0.6 is 11.8 Å². The molecule has 0 radical (unpaired) electrons. The second kappa shape index (κ2) is 8.44. The van der Waals surface area contributed by atoms with Crippen molar-refractivity contribution >= 4 is 17.7 Å². The fourth-order valence-electron chi connectivity index (χ4n) is 3.18. The van der Waals surface area contributed by atoms with Gasteiger partial charge in [0.05, 0.1) is 26.9 Å². The second-order valence-corrected chi connectivity index (χ2v) is 7.44. The molecule has 1 amide bonds. The number of benzene rings is 2. The van der Waals surface area contributed by atoms with Gasteiger partial charge in [0.2, 0.25) is 0 Å². The van der Waals surface area contributed by atoms with E-state index in [4.69, 9.17) is 14.2 Å². The highest BCUT2D eigenvalue weighted by molar-refractivity contribution is 7.99. The van der Waals surface area contributed by atoms with E-state index in [2.05, 4.69) is 0 Å². The molecule has 1 atom stereocenters. The van der Waals surface area contributed by atoms with Crippen LogP contribution in [0.4, 0.5) is 13.2 Å². The van der Waals surface area contributed by atoms with E-state index in [1.165, 1.54) is 45.2 Å². The van der Waals surface area contributed by atoms with Crippen LogP contribution in [0.3, 0.4) is 0 Å². The maximum absolute atomic E-state index is 13.0. The number of thioether (sulfide) groups is 1. The van der Waals surface area contributed by atoms with Crippen molar-refractivity contribution in [2.75, 3.05) is 33.6 Å². The van der Waals surface area contributed by atoms with Crippen molar-refractivity contribution in [3.05, 3.63) is 53.1 Å². The third kappa shape index (κ3) is 4.24. The van der Waals surface area contributed by atoms with Crippen LogP contribution in [-0.4, -0.2) is 44.4 Å². The zero-order chi connectivity index (χ0) is 21.2. The molecule has 5 nitrogen and oxygen atoms in total. The highest BCUT2D eigenvalue weighted by Crippen LogP contribution is 2.46. The minimum absolute atomic E-state index is 0.00762. The lowest BCUT2D eigenvalue weighted by Gasteiger charge is -2.26. The molecular weight excluding hydrogens is 407 g/mol. The average Bonchev–Trinajstić information content (AvgIpc) is 3.21. The largest absolute Gasteiger partial charge is 0.496 e. The highest BCUT2D eigenvalue weighted by atomic mass is 32.2. The van der Waals surface area contributed by atoms with E-state index in [0.29, 0.717) is 35.1 Å². The molecule has 1 heterocycles. The number of carbonyl (C=O) groups excluding carboxylic acids is 1. The zero-order valence-corrected chi connectivity index (χ0v) is 16.9. The minimum atomic E-state index is -4.51. The van der Waals surface area contributed by atoms with Gasteiger partial charge in [-0.3, -0.25) is 4.79 Å². The van der Waals surface area contributed by atoms with Crippen LogP contribution in [0.1, 0.15) is 26.9 Å². The number of ether oxygens (including phenoxy) is 3. The normalized spacial score (nSPS) is 16.6. The molecule has 1 aliphatic rings. The molecule has 9 heteroatoms. The van der Waals surface area contributed by atoms with Gasteiger partial charge in [-0.1, -0.05) is 6.07 Å². The molecule has 1 unspecified atom stereocenters. The summed E-state index contributed by atoms with van der Waals surface area (Å²) >= 11 is 1.50. The molecule has 2 aromatic rings. The molecule has 1 aliphatic heterocycles. The maximum Gasteiger partial charge on any atom is 0.416 e. The lowest BCUT2D eigenvalue weighted by atomic mass is 10.1. The van der Waals surface area contributed by atoms with Crippen LogP contribution in [0.25, 0.3) is 0 Å². The third-order valence-corrected chi connectivity index (χ3v) is 5.83. The molecule has 0 aromatic heterocycles. The van der Waals surface area contributed by atoms with Crippen molar-refractivity contribution in [1.82, 2.24) is 4.90 Å². The van der Waals surface area contributed by atoms with Crippen molar-refractivity contribution in [2.45, 2.75) is 11.6 Å². The smallest absolute Gasteiger partial charge is 0.416 e. The molecular formula is C20H20F3NO4S. The van der Waals surface area contributed by atoms with Gasteiger partial charge in [0.25, 0.3) is 5.91 Å². The van der Waals surface area contributed by atoms with Crippen LogP contribution in [0.5, 0.6) is 17.2 Å². The monoisotopic (exact) mass is 427 g/mol. The van der Waals surface area contributed by atoms with E-state index in [1.54, 1.807) is 17.0 Å². The molecule has 3 rings (SSSR count). The summed E-state index contributed by atoms with van der Waals surface area (Å²) in [5, 5.41) is -0.424. The van der Waals surface area contributed by atoms with E-state index in [-0.39, 0.29) is 5.56 Å². The molecule has 0 aliphatic carbocycles. The Morgan fingerprint density at radius 2 is 1.69 bits per heavy atom. The number of nitrogens with zero attached hydrogens (tertiary/aromatic N) is 1. The van der Waals surface area contributed by atoms with Gasteiger partial charge in [0.15, 0.2) is 11.5 Å². The van der Waals surface area contributed by atoms with Crippen molar-refractivity contribution in [1.29, 1.82) is 0 Å². The van der Waals surface area contributed by atoms with E-state index in [0.717, 1.165) is 12.1 Å². The van der Waals surface area contributed by atoms with Gasteiger partial charge in [0.1, 0.15) is 11.1 Å². The molecule has 1 saturated heterocycles. The Morgan fingerprint density at radius 3 is 2.31 bits per heavy atom. The summed E-state index contributed by atoms with van der Waals surface area (Å²) < 4.78 is 55.2. The summed E-state index contributed by atoms with van der Waals surface area (Å²) in [6.07, 6.45) is -4.51. The van der Waals surface area contributed by atoms with Gasteiger partial charge in [-0.05, 0) is 24.3 Å². The molecule has 0 saturated carbocycles. The van der Waals surface area contributed by atoms with Crippen LogP contribution in [0.15, 0.2) is 36.4 Å². The molecule has 2 aromatic carbocycles. The number of methoxy groups -OCH3 is 3. The molecule has 29 heavy (non-hydrogen) atoms. The standard InChI is InChI=1S/C20H20F3NO4S/c1-26-15-11-17(28-3)16(27-2)10-14(15)19-24(7-8-29-19)18(25)12-5-4-6-13(9-12)20(21,22)23/h4-6,9-11,19H,7-8H2,1-3H3. The summed E-state index contributed by atoms with van der Waals surface area (Å²) in [4.78, 5) is 14.6. The van der Waals surface area contributed by atoms with Gasteiger partial charge in [-0.25, -0.2) is 0 Å². The minimum Gasteiger partial charge on any atom is -0.496 e. The fraction of sp³-hybridized carbons (Fsp3) is 0.350. The highest BCUT2D eigenvalue weighted by Gasteiger charge is 2.36. The number of alkyl halides is 3. The van der Waals surface area contributed by atoms with Gasteiger partial charge in [-0.2, -0.15) is 13.2 Å². The lowest BCUT2D eigenvalue weighted by Crippen LogP contribution is -2.30. The SMILES string of the molecule is COc1cc(OC)c(C2SCCN2C(=O)c2cccc(C(F)(F)F)c2)cc1OC. The summed E-state index contributed by atoms with van der Waals surface area (Å²) in [7, 11) is 4.51. The average molecular weight is 427 g/mol. The number of hydrogen-bond donors (Lipinski definition) is 0. The first-order valence-electron chi connectivity index (χ1n) is 8.70. The van der Waals surface area contributed by atoms with Gasteiger partial charge in [0, 0.05) is 29.5 Å². The first-order chi connectivity index (χ1) is 13.8. The van der Waals surface area contributed by atoms with Crippen molar-refractivity contribution in [2.24, 2.45) is 0 Å². The molecule has 0 bridgehead atoms. The maximum atomic E-state index is 13.0.